The van der Waals surface area contributed by atoms with E-state index < -0.39 is 0 Å². The first-order valence-corrected chi connectivity index (χ1v) is 7.00. The van der Waals surface area contributed by atoms with Crippen LogP contribution in [0.15, 0.2) is 48.9 Å². The SMILES string of the molecule is COc1ccc2ccccc2c1CNC(=O)c1cn(C)cn1. The van der Waals surface area contributed by atoms with Crippen molar-refractivity contribution in [3.8, 4) is 5.75 Å². The van der Waals surface area contributed by atoms with E-state index in [1.807, 2.05) is 43.4 Å². The van der Waals surface area contributed by atoms with Crippen molar-refractivity contribution in [3.05, 3.63) is 60.2 Å². The molecule has 0 radical (unpaired) electrons. The predicted octanol–water partition coefficient (Wildman–Crippen LogP) is 2.51. The van der Waals surface area contributed by atoms with Gasteiger partial charge in [-0.1, -0.05) is 30.3 Å². The van der Waals surface area contributed by atoms with E-state index in [0.29, 0.717) is 12.2 Å². The van der Waals surface area contributed by atoms with Crippen LogP contribution in [0.1, 0.15) is 16.1 Å². The second-order valence-corrected chi connectivity index (χ2v) is 5.07. The monoisotopic (exact) mass is 295 g/mol. The number of nitrogens with one attached hydrogen (secondary N) is 1. The van der Waals surface area contributed by atoms with Crippen LogP contribution in [0.2, 0.25) is 0 Å². The van der Waals surface area contributed by atoms with Crippen LogP contribution in [0.3, 0.4) is 0 Å². The average Bonchev–Trinajstić information content (AvgIpc) is 2.98. The highest BCUT2D eigenvalue weighted by Crippen LogP contribution is 2.27. The van der Waals surface area contributed by atoms with Crippen LogP contribution in [0, 0.1) is 0 Å². The Hall–Kier alpha value is -2.82. The largest absolute Gasteiger partial charge is 0.496 e. The number of fused-ring (bicyclic) bond motifs is 1. The smallest absolute Gasteiger partial charge is 0.271 e. The molecule has 1 aromatic heterocycles. The third-order valence-corrected chi connectivity index (χ3v) is 3.58. The Morgan fingerprint density at radius 2 is 2.09 bits per heavy atom. The molecule has 0 bridgehead atoms. The molecule has 0 saturated carbocycles. The predicted molar refractivity (Wildman–Crippen MR) is 84.9 cm³/mol. The number of carbonyl (C=O) groups is 1. The van der Waals surface area contributed by atoms with E-state index in [1.165, 1.54) is 0 Å². The number of amides is 1. The third kappa shape index (κ3) is 2.65. The Kier molecular flexibility index (Phi) is 3.78. The van der Waals surface area contributed by atoms with E-state index in [1.54, 1.807) is 24.2 Å². The van der Waals surface area contributed by atoms with Gasteiger partial charge in [0.15, 0.2) is 0 Å². The minimum absolute atomic E-state index is 0.199. The quantitative estimate of drug-likeness (QED) is 0.804. The number of carbonyl (C=O) groups excluding carboxylic acids is 1. The van der Waals surface area contributed by atoms with Crippen molar-refractivity contribution in [3.63, 3.8) is 0 Å². The summed E-state index contributed by atoms with van der Waals surface area (Å²) in [6.07, 6.45) is 3.29. The van der Waals surface area contributed by atoms with Gasteiger partial charge in [-0.15, -0.1) is 0 Å². The summed E-state index contributed by atoms with van der Waals surface area (Å²) in [5.74, 6) is 0.565. The van der Waals surface area contributed by atoms with Gasteiger partial charge in [-0.3, -0.25) is 4.79 Å². The van der Waals surface area contributed by atoms with Crippen molar-refractivity contribution in [2.24, 2.45) is 7.05 Å². The van der Waals surface area contributed by atoms with Crippen molar-refractivity contribution >= 4 is 16.7 Å². The Labute approximate surface area is 128 Å². The third-order valence-electron chi connectivity index (χ3n) is 3.58. The first-order chi connectivity index (χ1) is 10.7. The van der Waals surface area contributed by atoms with Crippen molar-refractivity contribution in [2.45, 2.75) is 6.54 Å². The topological polar surface area (TPSA) is 56.1 Å². The average molecular weight is 295 g/mol. The Morgan fingerprint density at radius 1 is 1.27 bits per heavy atom. The number of aryl methyl sites for hydroxylation is 1. The van der Waals surface area contributed by atoms with Gasteiger partial charge in [-0.05, 0) is 16.8 Å². The highest BCUT2D eigenvalue weighted by molar-refractivity contribution is 5.93. The van der Waals surface area contributed by atoms with Crippen LogP contribution in [0.25, 0.3) is 10.8 Å². The van der Waals surface area contributed by atoms with Gasteiger partial charge in [-0.2, -0.15) is 0 Å². The summed E-state index contributed by atoms with van der Waals surface area (Å²) in [5.41, 5.74) is 1.37. The summed E-state index contributed by atoms with van der Waals surface area (Å²) in [6.45, 7) is 0.389. The Bertz CT molecular complexity index is 824. The highest BCUT2D eigenvalue weighted by Gasteiger charge is 2.12. The molecule has 1 N–H and O–H groups in total. The van der Waals surface area contributed by atoms with Gasteiger partial charge >= 0.3 is 0 Å². The lowest BCUT2D eigenvalue weighted by Gasteiger charge is -2.12. The molecule has 0 atom stereocenters. The molecule has 0 fully saturated rings. The van der Waals surface area contributed by atoms with Crippen molar-refractivity contribution < 1.29 is 9.53 Å². The van der Waals surface area contributed by atoms with Gasteiger partial charge < -0.3 is 14.6 Å². The minimum atomic E-state index is -0.199. The maximum Gasteiger partial charge on any atom is 0.271 e. The summed E-state index contributed by atoms with van der Waals surface area (Å²) in [5, 5.41) is 5.09. The zero-order valence-corrected chi connectivity index (χ0v) is 12.5. The molecule has 3 aromatic rings. The highest BCUT2D eigenvalue weighted by atomic mass is 16.5. The number of hydrogen-bond acceptors (Lipinski definition) is 3. The Balaban J connectivity index is 1.88. The summed E-state index contributed by atoms with van der Waals surface area (Å²) in [4.78, 5) is 16.2. The molecule has 112 valence electrons. The fourth-order valence-electron chi connectivity index (χ4n) is 2.48. The molecule has 0 spiro atoms. The molecule has 2 aromatic carbocycles. The lowest BCUT2D eigenvalue weighted by Crippen LogP contribution is -2.23. The normalized spacial score (nSPS) is 10.6. The van der Waals surface area contributed by atoms with Gasteiger partial charge in [0.2, 0.25) is 0 Å². The second-order valence-electron chi connectivity index (χ2n) is 5.07. The minimum Gasteiger partial charge on any atom is -0.496 e. The van der Waals surface area contributed by atoms with Crippen LogP contribution < -0.4 is 10.1 Å². The molecule has 0 saturated heterocycles. The maximum atomic E-state index is 12.1. The molecule has 5 nitrogen and oxygen atoms in total. The fraction of sp³-hybridized carbons (Fsp3) is 0.176. The maximum absolute atomic E-state index is 12.1. The lowest BCUT2D eigenvalue weighted by molar-refractivity contribution is 0.0946. The van der Waals surface area contributed by atoms with Gasteiger partial charge in [0.05, 0.1) is 13.4 Å². The molecule has 1 heterocycles. The molecule has 22 heavy (non-hydrogen) atoms. The van der Waals surface area contributed by atoms with Gasteiger partial charge in [0.1, 0.15) is 11.4 Å². The summed E-state index contributed by atoms with van der Waals surface area (Å²) in [6, 6.07) is 12.0. The van der Waals surface area contributed by atoms with Crippen molar-refractivity contribution in [1.29, 1.82) is 0 Å². The van der Waals surface area contributed by atoms with E-state index in [0.717, 1.165) is 22.1 Å². The number of hydrogen-bond donors (Lipinski definition) is 1. The van der Waals surface area contributed by atoms with E-state index in [9.17, 15) is 4.79 Å². The number of methoxy groups -OCH3 is 1. The number of imidazole rings is 1. The number of benzene rings is 2. The van der Waals surface area contributed by atoms with Crippen LogP contribution in [-0.2, 0) is 13.6 Å². The summed E-state index contributed by atoms with van der Waals surface area (Å²) < 4.78 is 7.17. The second kappa shape index (κ2) is 5.89. The Morgan fingerprint density at radius 3 is 2.82 bits per heavy atom. The first kappa shape index (κ1) is 14.1. The number of nitrogens with zero attached hydrogens (tertiary/aromatic N) is 2. The first-order valence-electron chi connectivity index (χ1n) is 7.00. The van der Waals surface area contributed by atoms with Crippen LogP contribution >= 0.6 is 0 Å². The number of rotatable bonds is 4. The zero-order chi connectivity index (χ0) is 15.5. The molecule has 0 unspecified atom stereocenters. The summed E-state index contributed by atoms with van der Waals surface area (Å²) >= 11 is 0. The van der Waals surface area contributed by atoms with Crippen LogP contribution in [0.5, 0.6) is 5.75 Å². The van der Waals surface area contributed by atoms with Crippen LogP contribution in [-0.4, -0.2) is 22.6 Å². The summed E-state index contributed by atoms with van der Waals surface area (Å²) in [7, 11) is 3.46. The van der Waals surface area contributed by atoms with E-state index in [-0.39, 0.29) is 5.91 Å². The van der Waals surface area contributed by atoms with Crippen LogP contribution in [0.4, 0.5) is 0 Å². The van der Waals surface area contributed by atoms with Crippen molar-refractivity contribution in [2.75, 3.05) is 7.11 Å². The fourth-order valence-corrected chi connectivity index (χ4v) is 2.48. The number of aromatic nitrogens is 2. The lowest BCUT2D eigenvalue weighted by atomic mass is 10.0. The van der Waals surface area contributed by atoms with Crippen molar-refractivity contribution in [1.82, 2.24) is 14.9 Å². The molecule has 0 aliphatic heterocycles. The van der Waals surface area contributed by atoms with E-state index >= 15 is 0 Å². The molecule has 3 rings (SSSR count). The molecule has 1 amide bonds. The molecule has 0 aliphatic carbocycles. The standard InChI is InChI=1S/C17H17N3O2/c1-20-10-15(19-11-20)17(21)18-9-14-13-6-4-3-5-12(13)7-8-16(14)22-2/h3-8,10-11H,9H2,1-2H3,(H,18,21). The molecule has 0 aliphatic rings. The number of ether oxygens (including phenoxy) is 1. The molecular formula is C17H17N3O2. The van der Waals surface area contributed by atoms with Gasteiger partial charge in [-0.25, -0.2) is 4.98 Å². The van der Waals surface area contributed by atoms with Gasteiger partial charge in [0, 0.05) is 25.4 Å². The zero-order valence-electron chi connectivity index (χ0n) is 12.5. The van der Waals surface area contributed by atoms with E-state index in [2.05, 4.69) is 10.3 Å². The van der Waals surface area contributed by atoms with Gasteiger partial charge in [0.25, 0.3) is 5.91 Å². The van der Waals surface area contributed by atoms with E-state index in [4.69, 9.17) is 4.74 Å². The molecule has 5 heteroatoms. The molecular weight excluding hydrogens is 278 g/mol.